The van der Waals surface area contributed by atoms with Crippen LogP contribution in [-0.2, 0) is 0 Å². The SMILES string of the molecule is CCCCCCCCCCCCCCCCCC[N+](CC)(CC)CCCCCCCC. The molecule has 0 amide bonds. The molecule has 0 bridgehead atoms. The van der Waals surface area contributed by atoms with Crippen molar-refractivity contribution in [2.45, 2.75) is 169 Å². The standard InChI is InChI=1S/C30H64N/c1-5-9-11-13-15-16-17-18-19-20-21-22-23-24-26-28-30-31(7-3,8-4)29-27-25-14-12-10-6-2/h5-30H2,1-4H3/q+1. The Balaban J connectivity index is 3.49. The Morgan fingerprint density at radius 3 is 0.742 bits per heavy atom. The van der Waals surface area contributed by atoms with Gasteiger partial charge in [0.1, 0.15) is 0 Å². The van der Waals surface area contributed by atoms with Crippen LogP contribution in [0, 0.1) is 0 Å². The molecular weight excluding hydrogens is 374 g/mol. The third-order valence-electron chi connectivity index (χ3n) is 7.81. The van der Waals surface area contributed by atoms with E-state index >= 15 is 0 Å². The van der Waals surface area contributed by atoms with Gasteiger partial charge in [0.25, 0.3) is 0 Å². The van der Waals surface area contributed by atoms with E-state index in [1.165, 1.54) is 172 Å². The van der Waals surface area contributed by atoms with Gasteiger partial charge in [0.15, 0.2) is 0 Å². The van der Waals surface area contributed by atoms with Gasteiger partial charge in [0.2, 0.25) is 0 Å². The molecule has 188 valence electrons. The normalized spacial score (nSPS) is 12.0. The van der Waals surface area contributed by atoms with Crippen LogP contribution >= 0.6 is 0 Å². The Kier molecular flexibility index (Phi) is 24.6. The van der Waals surface area contributed by atoms with Crippen LogP contribution in [0.25, 0.3) is 0 Å². The monoisotopic (exact) mass is 439 g/mol. The highest BCUT2D eigenvalue weighted by atomic mass is 15.3. The van der Waals surface area contributed by atoms with Gasteiger partial charge in [-0.05, 0) is 39.5 Å². The molecule has 0 aromatic carbocycles. The third-order valence-corrected chi connectivity index (χ3v) is 7.81. The summed E-state index contributed by atoms with van der Waals surface area (Å²) in [5.74, 6) is 0. The molecule has 0 aliphatic carbocycles. The minimum Gasteiger partial charge on any atom is -0.324 e. The molecule has 0 atom stereocenters. The van der Waals surface area contributed by atoms with Crippen LogP contribution in [0.1, 0.15) is 169 Å². The first kappa shape index (κ1) is 31.0. The van der Waals surface area contributed by atoms with Crippen LogP contribution in [0.2, 0.25) is 0 Å². The van der Waals surface area contributed by atoms with Gasteiger partial charge in [-0.3, -0.25) is 0 Å². The van der Waals surface area contributed by atoms with E-state index in [2.05, 4.69) is 27.7 Å². The minimum atomic E-state index is 1.34. The number of unbranched alkanes of at least 4 members (excludes halogenated alkanes) is 20. The molecule has 0 rings (SSSR count). The molecule has 1 heteroatoms. The molecule has 0 aromatic rings. The summed E-state index contributed by atoms with van der Waals surface area (Å²) in [6, 6.07) is 0. The number of hydrogen-bond donors (Lipinski definition) is 0. The van der Waals surface area contributed by atoms with E-state index < -0.39 is 0 Å². The zero-order chi connectivity index (χ0) is 22.9. The smallest absolute Gasteiger partial charge is 0.0786 e. The van der Waals surface area contributed by atoms with Crippen LogP contribution in [0.15, 0.2) is 0 Å². The second kappa shape index (κ2) is 24.6. The molecule has 0 saturated carbocycles. The second-order valence-electron chi connectivity index (χ2n) is 10.5. The van der Waals surface area contributed by atoms with E-state index in [1.807, 2.05) is 0 Å². The molecule has 0 radical (unpaired) electrons. The van der Waals surface area contributed by atoms with Gasteiger partial charge in [-0.25, -0.2) is 0 Å². The average molecular weight is 439 g/mol. The second-order valence-corrected chi connectivity index (χ2v) is 10.5. The molecule has 0 aliphatic heterocycles. The van der Waals surface area contributed by atoms with Gasteiger partial charge in [-0.1, -0.05) is 129 Å². The minimum absolute atomic E-state index is 1.34. The molecule has 0 aliphatic rings. The largest absolute Gasteiger partial charge is 0.324 e. The summed E-state index contributed by atoms with van der Waals surface area (Å²) in [6.45, 7) is 15.0. The molecule has 0 heterocycles. The molecular formula is C30H64N+. The molecule has 0 N–H and O–H groups in total. The summed E-state index contributed by atoms with van der Waals surface area (Å²) in [6.07, 6.45) is 32.1. The summed E-state index contributed by atoms with van der Waals surface area (Å²) in [5.41, 5.74) is 0. The summed E-state index contributed by atoms with van der Waals surface area (Å²) in [5, 5.41) is 0. The maximum Gasteiger partial charge on any atom is 0.0786 e. The molecule has 1 nitrogen and oxygen atoms in total. The van der Waals surface area contributed by atoms with E-state index in [4.69, 9.17) is 0 Å². The lowest BCUT2D eigenvalue weighted by Gasteiger charge is -2.37. The highest BCUT2D eigenvalue weighted by molar-refractivity contribution is 4.51. The fraction of sp³-hybridized carbons (Fsp3) is 1.00. The zero-order valence-corrected chi connectivity index (χ0v) is 22.8. The van der Waals surface area contributed by atoms with Crippen molar-refractivity contribution >= 4 is 0 Å². The van der Waals surface area contributed by atoms with Crippen LogP contribution in [0.3, 0.4) is 0 Å². The highest BCUT2D eigenvalue weighted by Crippen LogP contribution is 2.16. The van der Waals surface area contributed by atoms with E-state index in [9.17, 15) is 0 Å². The fourth-order valence-corrected chi connectivity index (χ4v) is 5.19. The maximum atomic E-state index is 2.42. The number of quaternary nitrogens is 1. The van der Waals surface area contributed by atoms with E-state index in [-0.39, 0.29) is 0 Å². The molecule has 0 fully saturated rings. The van der Waals surface area contributed by atoms with Crippen molar-refractivity contribution in [3.8, 4) is 0 Å². The average Bonchev–Trinajstić information content (AvgIpc) is 2.79. The lowest BCUT2D eigenvalue weighted by atomic mass is 10.0. The van der Waals surface area contributed by atoms with Crippen molar-refractivity contribution in [2.75, 3.05) is 26.2 Å². The molecule has 31 heavy (non-hydrogen) atoms. The first-order chi connectivity index (χ1) is 15.2. The van der Waals surface area contributed by atoms with E-state index in [1.54, 1.807) is 0 Å². The van der Waals surface area contributed by atoms with Crippen LogP contribution in [0.5, 0.6) is 0 Å². The molecule has 0 spiro atoms. The van der Waals surface area contributed by atoms with E-state index in [0.717, 1.165) is 0 Å². The van der Waals surface area contributed by atoms with Crippen molar-refractivity contribution in [3.05, 3.63) is 0 Å². The van der Waals surface area contributed by atoms with Gasteiger partial charge in [-0.2, -0.15) is 0 Å². The fourth-order valence-electron chi connectivity index (χ4n) is 5.19. The molecule has 0 aromatic heterocycles. The van der Waals surface area contributed by atoms with Crippen molar-refractivity contribution in [2.24, 2.45) is 0 Å². The quantitative estimate of drug-likeness (QED) is 0.0930. The lowest BCUT2D eigenvalue weighted by Crippen LogP contribution is -2.49. The number of hydrogen-bond acceptors (Lipinski definition) is 0. The Bertz CT molecular complexity index is 320. The Morgan fingerprint density at radius 1 is 0.290 bits per heavy atom. The predicted molar refractivity (Wildman–Crippen MR) is 144 cm³/mol. The van der Waals surface area contributed by atoms with Gasteiger partial charge in [0.05, 0.1) is 26.2 Å². The Labute approximate surface area is 199 Å². The zero-order valence-electron chi connectivity index (χ0n) is 22.8. The summed E-state index contributed by atoms with van der Waals surface area (Å²) >= 11 is 0. The Morgan fingerprint density at radius 2 is 0.516 bits per heavy atom. The van der Waals surface area contributed by atoms with Gasteiger partial charge in [0, 0.05) is 0 Å². The summed E-state index contributed by atoms with van der Waals surface area (Å²) in [4.78, 5) is 0. The van der Waals surface area contributed by atoms with Crippen LogP contribution in [-0.4, -0.2) is 30.7 Å². The van der Waals surface area contributed by atoms with E-state index in [0.29, 0.717) is 0 Å². The summed E-state index contributed by atoms with van der Waals surface area (Å²) in [7, 11) is 0. The third kappa shape index (κ3) is 20.3. The number of nitrogens with zero attached hydrogens (tertiary/aromatic N) is 1. The Hall–Kier alpha value is -0.0400. The molecule has 0 unspecified atom stereocenters. The topological polar surface area (TPSA) is 0 Å². The van der Waals surface area contributed by atoms with Crippen molar-refractivity contribution in [3.63, 3.8) is 0 Å². The molecule has 0 saturated heterocycles. The van der Waals surface area contributed by atoms with Crippen LogP contribution in [0.4, 0.5) is 0 Å². The number of rotatable bonds is 26. The van der Waals surface area contributed by atoms with Gasteiger partial charge >= 0.3 is 0 Å². The predicted octanol–water partition coefficient (Wildman–Crippen LogP) is 10.5. The van der Waals surface area contributed by atoms with Crippen molar-refractivity contribution in [1.82, 2.24) is 0 Å². The van der Waals surface area contributed by atoms with Crippen LogP contribution < -0.4 is 0 Å². The van der Waals surface area contributed by atoms with Gasteiger partial charge in [-0.15, -0.1) is 0 Å². The summed E-state index contributed by atoms with van der Waals surface area (Å²) < 4.78 is 1.38. The first-order valence-electron chi connectivity index (χ1n) is 15.1. The first-order valence-corrected chi connectivity index (χ1v) is 15.1. The van der Waals surface area contributed by atoms with Crippen molar-refractivity contribution < 1.29 is 4.48 Å². The highest BCUT2D eigenvalue weighted by Gasteiger charge is 2.21. The maximum absolute atomic E-state index is 2.42. The lowest BCUT2D eigenvalue weighted by molar-refractivity contribution is -0.925. The van der Waals surface area contributed by atoms with Crippen molar-refractivity contribution in [1.29, 1.82) is 0 Å². The van der Waals surface area contributed by atoms with Gasteiger partial charge < -0.3 is 4.48 Å².